The van der Waals surface area contributed by atoms with E-state index in [1.807, 2.05) is 30.3 Å². The normalized spacial score (nSPS) is 20.5. The molecule has 0 spiro atoms. The lowest BCUT2D eigenvalue weighted by molar-refractivity contribution is -0.635. The van der Waals surface area contributed by atoms with Gasteiger partial charge in [-0.25, -0.2) is 0 Å². The average molecular weight is 278 g/mol. The first-order valence-corrected chi connectivity index (χ1v) is 5.30. The number of para-hydroxylation sites is 1. The quantitative estimate of drug-likeness (QED) is 0.530. The maximum absolute atomic E-state index is 5.36. The minimum atomic E-state index is 0. The number of oxime groups is 1. The van der Waals surface area contributed by atoms with Crippen molar-refractivity contribution >= 4 is 5.71 Å². The van der Waals surface area contributed by atoms with Crippen molar-refractivity contribution in [2.45, 2.75) is 0 Å². The Morgan fingerprint density at radius 3 is 2.65 bits per heavy atom. The van der Waals surface area contributed by atoms with Crippen LogP contribution in [0.1, 0.15) is 0 Å². The van der Waals surface area contributed by atoms with Crippen molar-refractivity contribution in [3.8, 4) is 5.75 Å². The van der Waals surface area contributed by atoms with E-state index in [2.05, 4.69) is 16.2 Å². The highest BCUT2D eigenvalue weighted by atomic mass is 35.5. The lowest BCUT2D eigenvalue weighted by Gasteiger charge is -2.01. The second-order valence-electron chi connectivity index (χ2n) is 3.70. The van der Waals surface area contributed by atoms with Crippen molar-refractivity contribution in [1.29, 1.82) is 0 Å². The molecule has 1 aliphatic rings. The van der Waals surface area contributed by atoms with Crippen LogP contribution in [0.15, 0.2) is 35.5 Å². The van der Waals surface area contributed by atoms with Crippen LogP contribution in [0, 0.1) is 5.92 Å². The van der Waals surface area contributed by atoms with Crippen LogP contribution >= 0.6 is 0 Å². The van der Waals surface area contributed by atoms with Crippen LogP contribution in [0.5, 0.6) is 5.75 Å². The number of benzene rings is 1. The smallest absolute Gasteiger partial charge is 0.157 e. The molecular formula is C11H17Cl2N3O. The number of quaternary nitrogens is 2. The molecule has 1 aliphatic heterocycles. The molecule has 1 heterocycles. The van der Waals surface area contributed by atoms with E-state index >= 15 is 0 Å². The first-order valence-electron chi connectivity index (χ1n) is 5.30. The third-order valence-electron chi connectivity index (χ3n) is 2.64. The molecule has 1 atom stereocenters. The first kappa shape index (κ1) is 16.2. The van der Waals surface area contributed by atoms with Crippen molar-refractivity contribution in [3.05, 3.63) is 30.3 Å². The van der Waals surface area contributed by atoms with Crippen molar-refractivity contribution in [2.75, 3.05) is 19.6 Å². The number of nitrogens with two attached hydrogens (primary N) is 1. The van der Waals surface area contributed by atoms with E-state index in [9.17, 15) is 0 Å². The van der Waals surface area contributed by atoms with Crippen LogP contribution in [0.3, 0.4) is 0 Å². The minimum Gasteiger partial charge on any atom is -1.00 e. The van der Waals surface area contributed by atoms with Crippen molar-refractivity contribution < 1.29 is 40.7 Å². The van der Waals surface area contributed by atoms with Gasteiger partial charge in [0.25, 0.3) is 0 Å². The molecule has 6 heteroatoms. The molecular weight excluding hydrogens is 261 g/mol. The fraction of sp³-hybridized carbons (Fsp3) is 0.364. The predicted molar refractivity (Wildman–Crippen MR) is 57.4 cm³/mol. The molecule has 0 aliphatic carbocycles. The molecule has 2 rings (SSSR count). The summed E-state index contributed by atoms with van der Waals surface area (Å²) >= 11 is 0. The van der Waals surface area contributed by atoms with Gasteiger partial charge in [-0.1, -0.05) is 23.4 Å². The van der Waals surface area contributed by atoms with Gasteiger partial charge in [0.1, 0.15) is 18.2 Å². The fourth-order valence-electron chi connectivity index (χ4n) is 1.72. The zero-order valence-corrected chi connectivity index (χ0v) is 11.0. The average Bonchev–Trinajstić information content (AvgIpc) is 2.75. The SMILES string of the molecule is [Cl-].[Cl-].[NH3+]CC1C[NH2+]C/C1=N\Oc1ccccc1. The fourth-order valence-corrected chi connectivity index (χ4v) is 1.72. The molecule has 17 heavy (non-hydrogen) atoms. The van der Waals surface area contributed by atoms with Crippen LogP contribution in [-0.4, -0.2) is 25.3 Å². The second kappa shape index (κ2) is 8.31. The Kier molecular flexibility index (Phi) is 7.91. The molecule has 0 radical (unpaired) electrons. The van der Waals surface area contributed by atoms with E-state index in [4.69, 9.17) is 4.84 Å². The topological polar surface area (TPSA) is 65.8 Å². The summed E-state index contributed by atoms with van der Waals surface area (Å²) in [4.78, 5) is 5.36. The molecule has 0 amide bonds. The Morgan fingerprint density at radius 2 is 2.00 bits per heavy atom. The summed E-state index contributed by atoms with van der Waals surface area (Å²) in [6, 6.07) is 9.65. The Balaban J connectivity index is 0.00000128. The molecule has 0 bridgehead atoms. The highest BCUT2D eigenvalue weighted by Gasteiger charge is 2.27. The molecule has 1 unspecified atom stereocenters. The van der Waals surface area contributed by atoms with Gasteiger partial charge in [-0.15, -0.1) is 0 Å². The van der Waals surface area contributed by atoms with E-state index < -0.39 is 0 Å². The number of halogens is 2. The van der Waals surface area contributed by atoms with E-state index in [-0.39, 0.29) is 24.8 Å². The Bertz CT molecular complexity index is 346. The molecule has 0 saturated carbocycles. The summed E-state index contributed by atoms with van der Waals surface area (Å²) in [5.74, 6) is 1.27. The van der Waals surface area contributed by atoms with Crippen LogP contribution in [-0.2, 0) is 0 Å². The predicted octanol–water partition coefficient (Wildman–Crippen LogP) is -7.14. The van der Waals surface area contributed by atoms with Gasteiger partial charge in [0.2, 0.25) is 0 Å². The Hall–Kier alpha value is -0.810. The number of hydrogen-bond acceptors (Lipinski definition) is 2. The van der Waals surface area contributed by atoms with E-state index in [0.29, 0.717) is 5.92 Å². The lowest BCUT2D eigenvalue weighted by atomic mass is 10.1. The van der Waals surface area contributed by atoms with E-state index in [0.717, 1.165) is 31.1 Å². The highest BCUT2D eigenvalue weighted by molar-refractivity contribution is 5.88. The summed E-state index contributed by atoms with van der Waals surface area (Å²) in [5.41, 5.74) is 5.04. The van der Waals surface area contributed by atoms with Gasteiger partial charge in [-0.2, -0.15) is 0 Å². The van der Waals surface area contributed by atoms with Gasteiger partial charge in [0, 0.05) is 0 Å². The van der Waals surface area contributed by atoms with Gasteiger partial charge in [0.05, 0.1) is 13.1 Å². The standard InChI is InChI=1S/C11H15N3O.2ClH/c12-6-9-7-13-8-11(9)14-15-10-4-2-1-3-5-10;;/h1-5,9,13H,6-8,12H2;2*1H/b14-11+;;. The van der Waals surface area contributed by atoms with Gasteiger partial charge in [-0.05, 0) is 12.1 Å². The summed E-state index contributed by atoms with van der Waals surface area (Å²) in [6.07, 6.45) is 0. The maximum Gasteiger partial charge on any atom is 0.157 e. The first-order chi connectivity index (χ1) is 7.40. The van der Waals surface area contributed by atoms with Gasteiger partial charge < -0.3 is 40.7 Å². The molecule has 1 aromatic rings. The minimum absolute atomic E-state index is 0. The second-order valence-corrected chi connectivity index (χ2v) is 3.70. The molecule has 0 aromatic heterocycles. The third-order valence-corrected chi connectivity index (χ3v) is 2.64. The molecule has 4 nitrogen and oxygen atoms in total. The third kappa shape index (κ3) is 4.52. The van der Waals surface area contributed by atoms with Crippen LogP contribution in [0.2, 0.25) is 0 Å². The van der Waals surface area contributed by atoms with E-state index in [1.165, 1.54) is 0 Å². The lowest BCUT2D eigenvalue weighted by Crippen LogP contribution is -3.00. The Morgan fingerprint density at radius 1 is 1.29 bits per heavy atom. The summed E-state index contributed by atoms with van der Waals surface area (Å²) in [7, 11) is 0. The maximum atomic E-state index is 5.36. The van der Waals surface area contributed by atoms with Crippen LogP contribution < -0.4 is 40.7 Å². The van der Waals surface area contributed by atoms with Gasteiger partial charge in [0.15, 0.2) is 5.75 Å². The molecule has 96 valence electrons. The summed E-state index contributed by atoms with van der Waals surface area (Å²) in [5, 5.41) is 6.43. The van der Waals surface area contributed by atoms with Crippen molar-refractivity contribution in [1.82, 2.24) is 0 Å². The molecule has 1 saturated heterocycles. The van der Waals surface area contributed by atoms with Gasteiger partial charge in [-0.3, -0.25) is 0 Å². The van der Waals surface area contributed by atoms with Gasteiger partial charge >= 0.3 is 0 Å². The molecule has 1 fully saturated rings. The monoisotopic (exact) mass is 277 g/mol. The van der Waals surface area contributed by atoms with Crippen LogP contribution in [0.25, 0.3) is 0 Å². The summed E-state index contributed by atoms with van der Waals surface area (Å²) < 4.78 is 0. The molecule has 1 aromatic carbocycles. The Labute approximate surface area is 113 Å². The van der Waals surface area contributed by atoms with Crippen LogP contribution in [0.4, 0.5) is 0 Å². The number of nitrogens with zero attached hydrogens (tertiary/aromatic N) is 1. The zero-order chi connectivity index (χ0) is 10.5. The van der Waals surface area contributed by atoms with E-state index in [1.54, 1.807) is 0 Å². The van der Waals surface area contributed by atoms with Crippen molar-refractivity contribution in [3.63, 3.8) is 0 Å². The number of rotatable bonds is 3. The summed E-state index contributed by atoms with van der Waals surface area (Å²) in [6.45, 7) is 2.92. The largest absolute Gasteiger partial charge is 1.00 e. The highest BCUT2D eigenvalue weighted by Crippen LogP contribution is 2.09. The number of hydrogen-bond donors (Lipinski definition) is 2. The molecule has 5 N–H and O–H groups in total. The van der Waals surface area contributed by atoms with Crippen molar-refractivity contribution in [2.24, 2.45) is 11.1 Å². The zero-order valence-electron chi connectivity index (χ0n) is 9.48.